The Hall–Kier alpha value is -2.70. The van der Waals surface area contributed by atoms with Crippen LogP contribution in [-0.2, 0) is 4.79 Å². The van der Waals surface area contributed by atoms with Gasteiger partial charge in [-0.05, 0) is 24.1 Å². The lowest BCUT2D eigenvalue weighted by atomic mass is 9.99. The Balaban J connectivity index is 1.81. The summed E-state index contributed by atoms with van der Waals surface area (Å²) in [5.74, 6) is -1.54. The molecule has 1 aromatic heterocycles. The summed E-state index contributed by atoms with van der Waals surface area (Å²) >= 11 is 0. The van der Waals surface area contributed by atoms with E-state index in [1.807, 2.05) is 13.0 Å². The largest absolute Gasteiger partial charge is 0.481 e. The SMILES string of the molecule is C[C@@H]1CN(C(=O)c2cccc(-n3cncn3)c2)C[C@H]1C(=O)O. The highest BCUT2D eigenvalue weighted by Crippen LogP contribution is 2.25. The number of carboxylic acids is 1. The van der Waals surface area contributed by atoms with Crippen LogP contribution in [0.2, 0.25) is 0 Å². The first-order valence-electron chi connectivity index (χ1n) is 7.03. The summed E-state index contributed by atoms with van der Waals surface area (Å²) in [6.45, 7) is 2.57. The maximum absolute atomic E-state index is 12.6. The summed E-state index contributed by atoms with van der Waals surface area (Å²) in [5.41, 5.74) is 1.26. The van der Waals surface area contributed by atoms with Gasteiger partial charge in [0.15, 0.2) is 0 Å². The fraction of sp³-hybridized carbons (Fsp3) is 0.333. The van der Waals surface area contributed by atoms with Crippen LogP contribution in [0, 0.1) is 11.8 Å². The molecule has 0 unspecified atom stereocenters. The van der Waals surface area contributed by atoms with Crippen LogP contribution in [0.15, 0.2) is 36.9 Å². The maximum atomic E-state index is 12.6. The highest BCUT2D eigenvalue weighted by Gasteiger charge is 2.37. The molecule has 1 amide bonds. The molecule has 2 heterocycles. The van der Waals surface area contributed by atoms with Gasteiger partial charge in [-0.2, -0.15) is 5.10 Å². The smallest absolute Gasteiger partial charge is 0.308 e. The zero-order chi connectivity index (χ0) is 15.7. The fourth-order valence-electron chi connectivity index (χ4n) is 2.76. The third-order valence-electron chi connectivity index (χ3n) is 3.99. The highest BCUT2D eigenvalue weighted by molar-refractivity contribution is 5.95. The van der Waals surface area contributed by atoms with E-state index in [0.717, 1.165) is 5.69 Å². The van der Waals surface area contributed by atoms with Crippen LogP contribution in [0.1, 0.15) is 17.3 Å². The second kappa shape index (κ2) is 5.59. The first-order valence-corrected chi connectivity index (χ1v) is 7.03. The molecule has 0 radical (unpaired) electrons. The van der Waals surface area contributed by atoms with Gasteiger partial charge in [-0.25, -0.2) is 9.67 Å². The van der Waals surface area contributed by atoms with Gasteiger partial charge in [0.25, 0.3) is 5.91 Å². The van der Waals surface area contributed by atoms with Crippen LogP contribution in [0.4, 0.5) is 0 Å². The molecule has 2 aromatic rings. The van der Waals surface area contributed by atoms with E-state index in [1.165, 1.54) is 6.33 Å². The molecule has 1 saturated heterocycles. The second-order valence-corrected chi connectivity index (χ2v) is 5.52. The zero-order valence-electron chi connectivity index (χ0n) is 12.1. The van der Waals surface area contributed by atoms with Gasteiger partial charge in [0.2, 0.25) is 0 Å². The van der Waals surface area contributed by atoms with Crippen LogP contribution in [0.3, 0.4) is 0 Å². The third-order valence-corrected chi connectivity index (χ3v) is 3.99. The first-order chi connectivity index (χ1) is 10.6. The van der Waals surface area contributed by atoms with E-state index in [4.69, 9.17) is 5.11 Å². The quantitative estimate of drug-likeness (QED) is 0.915. The fourth-order valence-corrected chi connectivity index (χ4v) is 2.76. The number of carbonyl (C=O) groups is 2. The number of benzene rings is 1. The molecule has 1 fully saturated rings. The number of aliphatic carboxylic acids is 1. The number of hydrogen-bond donors (Lipinski definition) is 1. The highest BCUT2D eigenvalue weighted by atomic mass is 16.4. The van der Waals surface area contributed by atoms with Gasteiger partial charge in [0, 0.05) is 18.7 Å². The molecule has 1 aliphatic rings. The standard InChI is InChI=1S/C15H16N4O3/c1-10-6-18(7-13(10)15(21)22)14(20)11-3-2-4-12(5-11)19-9-16-8-17-19/h2-5,8-10,13H,6-7H2,1H3,(H,21,22)/t10-,13-/m1/s1. The average Bonchev–Trinajstić information content (AvgIpc) is 3.16. The van der Waals surface area contributed by atoms with Gasteiger partial charge in [0.1, 0.15) is 12.7 Å². The summed E-state index contributed by atoms with van der Waals surface area (Å²) in [5, 5.41) is 13.2. The Labute approximate surface area is 127 Å². The van der Waals surface area contributed by atoms with Gasteiger partial charge in [-0.1, -0.05) is 13.0 Å². The molecule has 0 spiro atoms. The monoisotopic (exact) mass is 300 g/mol. The van der Waals surface area contributed by atoms with E-state index < -0.39 is 11.9 Å². The normalized spacial score (nSPS) is 21.0. The molecule has 114 valence electrons. The van der Waals surface area contributed by atoms with Crippen LogP contribution in [0.5, 0.6) is 0 Å². The summed E-state index contributed by atoms with van der Waals surface area (Å²) < 4.78 is 1.57. The molecule has 22 heavy (non-hydrogen) atoms. The Morgan fingerprint density at radius 1 is 1.32 bits per heavy atom. The minimum atomic E-state index is -0.848. The Morgan fingerprint density at radius 3 is 2.77 bits per heavy atom. The van der Waals surface area contributed by atoms with Crippen molar-refractivity contribution in [1.29, 1.82) is 0 Å². The van der Waals surface area contributed by atoms with Crippen molar-refractivity contribution in [1.82, 2.24) is 19.7 Å². The molecule has 1 N–H and O–H groups in total. The summed E-state index contributed by atoms with van der Waals surface area (Å²) in [4.78, 5) is 29.2. The van der Waals surface area contributed by atoms with E-state index in [2.05, 4.69) is 10.1 Å². The maximum Gasteiger partial charge on any atom is 0.308 e. The van der Waals surface area contributed by atoms with E-state index in [0.29, 0.717) is 12.1 Å². The van der Waals surface area contributed by atoms with Crippen molar-refractivity contribution < 1.29 is 14.7 Å². The molecule has 7 heteroatoms. The number of likely N-dealkylation sites (tertiary alicyclic amines) is 1. The topological polar surface area (TPSA) is 88.3 Å². The van der Waals surface area contributed by atoms with Gasteiger partial charge in [-0.3, -0.25) is 9.59 Å². The minimum absolute atomic E-state index is 0.0417. The average molecular weight is 300 g/mol. The third kappa shape index (κ3) is 2.57. The lowest BCUT2D eigenvalue weighted by Gasteiger charge is -2.16. The van der Waals surface area contributed by atoms with Crippen molar-refractivity contribution >= 4 is 11.9 Å². The molecular weight excluding hydrogens is 284 g/mol. The first kappa shape index (κ1) is 14.2. The van der Waals surface area contributed by atoms with Crippen LogP contribution >= 0.6 is 0 Å². The van der Waals surface area contributed by atoms with E-state index in [1.54, 1.807) is 34.1 Å². The summed E-state index contributed by atoms with van der Waals surface area (Å²) in [6, 6.07) is 7.06. The molecule has 1 aromatic carbocycles. The van der Waals surface area contributed by atoms with Crippen LogP contribution < -0.4 is 0 Å². The van der Waals surface area contributed by atoms with Gasteiger partial charge in [-0.15, -0.1) is 0 Å². The number of nitrogens with zero attached hydrogens (tertiary/aromatic N) is 4. The Morgan fingerprint density at radius 2 is 2.14 bits per heavy atom. The number of rotatable bonds is 3. The van der Waals surface area contributed by atoms with E-state index in [-0.39, 0.29) is 18.4 Å². The Kier molecular flexibility index (Phi) is 3.62. The molecule has 0 saturated carbocycles. The van der Waals surface area contributed by atoms with Crippen molar-refractivity contribution in [2.45, 2.75) is 6.92 Å². The zero-order valence-corrected chi connectivity index (χ0v) is 12.1. The van der Waals surface area contributed by atoms with Gasteiger partial charge in [0.05, 0.1) is 11.6 Å². The van der Waals surface area contributed by atoms with Crippen LogP contribution in [0.25, 0.3) is 5.69 Å². The molecule has 7 nitrogen and oxygen atoms in total. The minimum Gasteiger partial charge on any atom is -0.481 e. The van der Waals surface area contributed by atoms with Crippen molar-refractivity contribution in [3.8, 4) is 5.69 Å². The Bertz CT molecular complexity index is 699. The lowest BCUT2D eigenvalue weighted by Crippen LogP contribution is -2.30. The van der Waals surface area contributed by atoms with Gasteiger partial charge >= 0.3 is 5.97 Å². The summed E-state index contributed by atoms with van der Waals surface area (Å²) in [7, 11) is 0. The van der Waals surface area contributed by atoms with Crippen molar-refractivity contribution in [2.75, 3.05) is 13.1 Å². The summed E-state index contributed by atoms with van der Waals surface area (Å²) in [6.07, 6.45) is 2.98. The number of carbonyl (C=O) groups excluding carboxylic acids is 1. The molecule has 2 atom stereocenters. The number of carboxylic acid groups (broad SMARTS) is 1. The van der Waals surface area contributed by atoms with E-state index in [9.17, 15) is 9.59 Å². The molecular formula is C15H16N4O3. The molecule has 3 rings (SSSR count). The van der Waals surface area contributed by atoms with Crippen LogP contribution in [-0.4, -0.2) is 49.7 Å². The number of aromatic nitrogens is 3. The molecule has 0 aliphatic carbocycles. The molecule has 1 aliphatic heterocycles. The predicted molar refractivity (Wildman–Crippen MR) is 77.6 cm³/mol. The van der Waals surface area contributed by atoms with Crippen molar-refractivity contribution in [3.63, 3.8) is 0 Å². The number of hydrogen-bond acceptors (Lipinski definition) is 4. The lowest BCUT2D eigenvalue weighted by molar-refractivity contribution is -0.142. The predicted octanol–water partition coefficient (Wildman–Crippen LogP) is 1.06. The van der Waals surface area contributed by atoms with Crippen molar-refractivity contribution in [2.24, 2.45) is 11.8 Å². The van der Waals surface area contributed by atoms with E-state index >= 15 is 0 Å². The molecule has 0 bridgehead atoms. The second-order valence-electron chi connectivity index (χ2n) is 5.52. The van der Waals surface area contributed by atoms with Crippen molar-refractivity contribution in [3.05, 3.63) is 42.5 Å². The number of amides is 1. The van der Waals surface area contributed by atoms with Gasteiger partial charge < -0.3 is 10.0 Å².